The quantitative estimate of drug-likeness (QED) is 0.181. The van der Waals surface area contributed by atoms with Crippen LogP contribution >= 0.6 is 0 Å². The van der Waals surface area contributed by atoms with Crippen LogP contribution in [-0.4, -0.2) is 0 Å². The number of hydrogen-bond donors (Lipinski definition) is 0. The Balaban J connectivity index is 1.48. The van der Waals surface area contributed by atoms with Gasteiger partial charge in [-0.05, 0) is 90.8 Å². The maximum atomic E-state index is 6.48. The van der Waals surface area contributed by atoms with Gasteiger partial charge in [-0.15, -0.1) is 0 Å². The van der Waals surface area contributed by atoms with E-state index in [-0.39, 0.29) is 0 Å². The molecule has 0 saturated carbocycles. The summed E-state index contributed by atoms with van der Waals surface area (Å²) in [5.41, 5.74) is 4.80. The number of fused-ring (bicyclic) bond motifs is 6. The average molecular weight is 445 g/mol. The molecule has 0 aliphatic carbocycles. The summed E-state index contributed by atoms with van der Waals surface area (Å²) in [6.45, 7) is 0. The minimum absolute atomic E-state index is 0.916. The molecule has 0 amide bonds. The lowest BCUT2D eigenvalue weighted by atomic mass is 9.88. The first-order valence-electron chi connectivity index (χ1n) is 12.0. The molecule has 0 saturated heterocycles. The van der Waals surface area contributed by atoms with Crippen molar-refractivity contribution in [3.05, 3.63) is 121 Å². The maximum absolute atomic E-state index is 6.48. The van der Waals surface area contributed by atoms with Gasteiger partial charge in [-0.1, -0.05) is 84.9 Å². The minimum atomic E-state index is 0.916. The van der Waals surface area contributed by atoms with Crippen LogP contribution in [0.5, 0.6) is 11.5 Å². The van der Waals surface area contributed by atoms with Crippen LogP contribution in [0.1, 0.15) is 0 Å². The van der Waals surface area contributed by atoms with Crippen molar-refractivity contribution in [3.8, 4) is 33.8 Å². The van der Waals surface area contributed by atoms with Gasteiger partial charge in [0.05, 0.1) is 0 Å². The van der Waals surface area contributed by atoms with Crippen LogP contribution in [0.15, 0.2) is 121 Å². The number of rotatable bonds is 1. The number of benzene rings is 7. The Labute approximate surface area is 202 Å². The van der Waals surface area contributed by atoms with E-state index in [4.69, 9.17) is 4.74 Å². The molecule has 162 valence electrons. The summed E-state index contributed by atoms with van der Waals surface area (Å²) in [4.78, 5) is 0. The van der Waals surface area contributed by atoms with Crippen LogP contribution in [0.3, 0.4) is 0 Å². The van der Waals surface area contributed by atoms with Crippen molar-refractivity contribution in [2.45, 2.75) is 0 Å². The highest BCUT2D eigenvalue weighted by Crippen LogP contribution is 2.48. The van der Waals surface area contributed by atoms with Crippen LogP contribution in [0, 0.1) is 0 Å². The minimum Gasteiger partial charge on any atom is -0.456 e. The van der Waals surface area contributed by atoms with E-state index in [2.05, 4.69) is 115 Å². The fraction of sp³-hybridized carbons (Fsp3) is 0. The van der Waals surface area contributed by atoms with Gasteiger partial charge in [-0.25, -0.2) is 0 Å². The highest BCUT2D eigenvalue weighted by atomic mass is 16.5. The molecule has 0 bridgehead atoms. The lowest BCUT2D eigenvalue weighted by molar-refractivity contribution is 0.487. The third-order valence-corrected chi connectivity index (χ3v) is 7.38. The van der Waals surface area contributed by atoms with Gasteiger partial charge in [-0.3, -0.25) is 0 Å². The predicted molar refractivity (Wildman–Crippen MR) is 147 cm³/mol. The summed E-state index contributed by atoms with van der Waals surface area (Å²) < 4.78 is 6.48. The summed E-state index contributed by atoms with van der Waals surface area (Å²) in [7, 11) is 0. The van der Waals surface area contributed by atoms with E-state index < -0.39 is 0 Å². The Morgan fingerprint density at radius 2 is 1.06 bits per heavy atom. The SMILES string of the molecule is c1ccc2c(c1)Oc1cc(-c3cc4ccccc4c4cc5ccccc5cc34)cc3cccc-2c13. The first kappa shape index (κ1) is 18.8. The van der Waals surface area contributed by atoms with Crippen molar-refractivity contribution < 1.29 is 4.74 Å². The second kappa shape index (κ2) is 6.94. The third kappa shape index (κ3) is 2.70. The molecular weight excluding hydrogens is 424 g/mol. The number of hydrogen-bond acceptors (Lipinski definition) is 1. The zero-order valence-electron chi connectivity index (χ0n) is 19.0. The Morgan fingerprint density at radius 3 is 1.94 bits per heavy atom. The van der Waals surface area contributed by atoms with Crippen LogP contribution < -0.4 is 4.74 Å². The molecule has 7 aromatic rings. The lowest BCUT2D eigenvalue weighted by Gasteiger charge is -2.22. The molecule has 1 heteroatoms. The van der Waals surface area contributed by atoms with Crippen LogP contribution in [0.4, 0.5) is 0 Å². The summed E-state index contributed by atoms with van der Waals surface area (Å²) in [5, 5.41) is 9.99. The van der Waals surface area contributed by atoms with E-state index in [1.54, 1.807) is 0 Å². The molecule has 0 N–H and O–H groups in total. The van der Waals surface area contributed by atoms with E-state index in [1.165, 1.54) is 59.8 Å². The molecule has 7 aromatic carbocycles. The molecule has 0 fully saturated rings. The van der Waals surface area contributed by atoms with Crippen molar-refractivity contribution in [1.82, 2.24) is 0 Å². The Morgan fingerprint density at radius 1 is 0.371 bits per heavy atom. The predicted octanol–water partition coefficient (Wildman–Crippen LogP) is 9.74. The molecule has 0 aromatic heterocycles. The molecule has 0 radical (unpaired) electrons. The van der Waals surface area contributed by atoms with Gasteiger partial charge < -0.3 is 4.74 Å². The first-order valence-corrected chi connectivity index (χ1v) is 12.0. The maximum Gasteiger partial charge on any atom is 0.136 e. The number of ether oxygens (including phenoxy) is 1. The van der Waals surface area contributed by atoms with E-state index in [1.807, 2.05) is 6.07 Å². The Hall–Kier alpha value is -4.62. The van der Waals surface area contributed by atoms with Gasteiger partial charge in [0.1, 0.15) is 11.5 Å². The first-order chi connectivity index (χ1) is 17.3. The molecule has 1 aliphatic rings. The summed E-state index contributed by atoms with van der Waals surface area (Å²) >= 11 is 0. The monoisotopic (exact) mass is 444 g/mol. The van der Waals surface area contributed by atoms with E-state index in [0.717, 1.165) is 17.1 Å². The molecule has 35 heavy (non-hydrogen) atoms. The van der Waals surface area contributed by atoms with E-state index in [0.29, 0.717) is 0 Å². The van der Waals surface area contributed by atoms with Crippen molar-refractivity contribution in [2.24, 2.45) is 0 Å². The molecule has 8 rings (SSSR count). The van der Waals surface area contributed by atoms with Crippen molar-refractivity contribution in [3.63, 3.8) is 0 Å². The van der Waals surface area contributed by atoms with Gasteiger partial charge in [0.2, 0.25) is 0 Å². The van der Waals surface area contributed by atoms with Gasteiger partial charge in [0.15, 0.2) is 0 Å². The van der Waals surface area contributed by atoms with Gasteiger partial charge in [-0.2, -0.15) is 0 Å². The largest absolute Gasteiger partial charge is 0.456 e. The van der Waals surface area contributed by atoms with Crippen molar-refractivity contribution >= 4 is 43.1 Å². The topological polar surface area (TPSA) is 9.23 Å². The molecule has 0 unspecified atom stereocenters. The fourth-order valence-electron chi connectivity index (χ4n) is 5.77. The zero-order chi connectivity index (χ0) is 22.9. The highest BCUT2D eigenvalue weighted by Gasteiger charge is 2.21. The van der Waals surface area contributed by atoms with Gasteiger partial charge >= 0.3 is 0 Å². The van der Waals surface area contributed by atoms with Crippen molar-refractivity contribution in [2.75, 3.05) is 0 Å². The van der Waals surface area contributed by atoms with Crippen molar-refractivity contribution in [1.29, 1.82) is 0 Å². The number of para-hydroxylation sites is 1. The molecule has 1 heterocycles. The van der Waals surface area contributed by atoms with E-state index >= 15 is 0 Å². The molecule has 1 nitrogen and oxygen atoms in total. The van der Waals surface area contributed by atoms with Crippen LogP contribution in [-0.2, 0) is 0 Å². The summed E-state index contributed by atoms with van der Waals surface area (Å²) in [6, 6.07) is 43.7. The Kier molecular flexibility index (Phi) is 3.72. The van der Waals surface area contributed by atoms with Crippen LogP contribution in [0.2, 0.25) is 0 Å². The van der Waals surface area contributed by atoms with Crippen LogP contribution in [0.25, 0.3) is 65.3 Å². The highest BCUT2D eigenvalue weighted by molar-refractivity contribution is 6.18. The second-order valence-corrected chi connectivity index (χ2v) is 9.37. The average Bonchev–Trinajstić information content (AvgIpc) is 2.91. The fourth-order valence-corrected chi connectivity index (χ4v) is 5.77. The van der Waals surface area contributed by atoms with E-state index in [9.17, 15) is 0 Å². The zero-order valence-corrected chi connectivity index (χ0v) is 19.0. The normalized spacial score (nSPS) is 12.2. The summed E-state index contributed by atoms with van der Waals surface area (Å²) in [5.74, 6) is 1.84. The second-order valence-electron chi connectivity index (χ2n) is 9.37. The Bertz CT molecular complexity index is 1980. The summed E-state index contributed by atoms with van der Waals surface area (Å²) in [6.07, 6.45) is 0. The molecule has 1 aliphatic heterocycles. The molecule has 0 spiro atoms. The molecule has 0 atom stereocenters. The smallest absolute Gasteiger partial charge is 0.136 e. The third-order valence-electron chi connectivity index (χ3n) is 7.38. The lowest BCUT2D eigenvalue weighted by Crippen LogP contribution is -1.97. The van der Waals surface area contributed by atoms with Gasteiger partial charge in [0, 0.05) is 10.9 Å². The molecular formula is C34H20O. The standard InChI is InChI=1S/C34H20O/c1-2-9-22-18-31-29(19-23-10-3-4-12-26(23)30(31)17-21(22)8-1)25-16-24-11-7-14-28-27-13-5-6-15-32(27)35-33(20-25)34(24)28/h1-20H. The van der Waals surface area contributed by atoms with Gasteiger partial charge in [0.25, 0.3) is 0 Å².